The molecule has 2 rings (SSSR count). The summed E-state index contributed by atoms with van der Waals surface area (Å²) in [6.45, 7) is 3.47. The smallest absolute Gasteiger partial charge is 0.211 e. The van der Waals surface area contributed by atoms with Crippen molar-refractivity contribution >= 4 is 10.0 Å². The number of nitrogens with one attached hydrogen (secondary N) is 1. The number of rotatable bonds is 5. The normalized spacial score (nSPS) is 13.1. The Labute approximate surface area is 119 Å². The van der Waals surface area contributed by atoms with Crippen LogP contribution in [0.1, 0.15) is 25.5 Å². The molecule has 0 spiro atoms. The van der Waals surface area contributed by atoms with Crippen LogP contribution in [0.15, 0.2) is 48.8 Å². The Bertz CT molecular complexity index is 652. The number of aromatic nitrogens is 1. The molecule has 1 aromatic carbocycles. The topological polar surface area (TPSA) is 59.1 Å². The van der Waals surface area contributed by atoms with Crippen LogP contribution < -0.4 is 4.72 Å². The minimum absolute atomic E-state index is 0.0884. The zero-order valence-corrected chi connectivity index (χ0v) is 12.4. The van der Waals surface area contributed by atoms with Gasteiger partial charge in [0.1, 0.15) is 0 Å². The summed E-state index contributed by atoms with van der Waals surface area (Å²) in [5, 5.41) is 0. The summed E-state index contributed by atoms with van der Waals surface area (Å²) in [7, 11) is -3.19. The van der Waals surface area contributed by atoms with Gasteiger partial charge in [0, 0.05) is 18.4 Å². The molecule has 0 aliphatic heterocycles. The highest BCUT2D eigenvalue weighted by molar-refractivity contribution is 7.89. The zero-order chi connectivity index (χ0) is 14.6. The van der Waals surface area contributed by atoms with Crippen molar-refractivity contribution in [3.63, 3.8) is 0 Å². The Morgan fingerprint density at radius 3 is 2.40 bits per heavy atom. The Morgan fingerprint density at radius 1 is 1.15 bits per heavy atom. The third-order valence-electron chi connectivity index (χ3n) is 3.14. The molecule has 0 radical (unpaired) electrons. The second kappa shape index (κ2) is 6.15. The van der Waals surface area contributed by atoms with Crippen molar-refractivity contribution in [3.05, 3.63) is 54.4 Å². The maximum Gasteiger partial charge on any atom is 0.211 e. The lowest BCUT2D eigenvalue weighted by Crippen LogP contribution is -2.28. The van der Waals surface area contributed by atoms with Gasteiger partial charge in [-0.15, -0.1) is 0 Å². The maximum absolute atomic E-state index is 11.6. The first kappa shape index (κ1) is 14.7. The van der Waals surface area contributed by atoms with Gasteiger partial charge in [-0.25, -0.2) is 13.1 Å². The molecule has 1 heterocycles. The van der Waals surface area contributed by atoms with Gasteiger partial charge in [0.15, 0.2) is 0 Å². The minimum atomic E-state index is -3.19. The predicted molar refractivity (Wildman–Crippen MR) is 80.7 cm³/mol. The molecule has 0 amide bonds. The molecule has 1 N–H and O–H groups in total. The molecular weight excluding hydrogens is 272 g/mol. The summed E-state index contributed by atoms with van der Waals surface area (Å²) in [5.74, 6) is 0.0884. The molecule has 0 saturated carbocycles. The SMILES string of the molecule is CCS(=O)(=O)N[C@H](C)c1ccc(-c2cccnc2)cc1. The molecule has 20 heavy (non-hydrogen) atoms. The molecule has 1 aromatic heterocycles. The largest absolute Gasteiger partial charge is 0.264 e. The summed E-state index contributed by atoms with van der Waals surface area (Å²) in [6, 6.07) is 11.5. The van der Waals surface area contributed by atoms with Crippen molar-refractivity contribution in [2.45, 2.75) is 19.9 Å². The van der Waals surface area contributed by atoms with Gasteiger partial charge in [-0.05, 0) is 36.6 Å². The molecule has 0 saturated heterocycles. The lowest BCUT2D eigenvalue weighted by molar-refractivity contribution is 0.568. The Balaban J connectivity index is 2.16. The third-order valence-corrected chi connectivity index (χ3v) is 4.61. The van der Waals surface area contributed by atoms with E-state index in [-0.39, 0.29) is 11.8 Å². The van der Waals surface area contributed by atoms with E-state index in [0.29, 0.717) is 0 Å². The van der Waals surface area contributed by atoms with Crippen LogP contribution in [0, 0.1) is 0 Å². The lowest BCUT2D eigenvalue weighted by Gasteiger charge is -2.14. The van der Waals surface area contributed by atoms with Crippen LogP contribution in [-0.4, -0.2) is 19.2 Å². The van der Waals surface area contributed by atoms with E-state index in [1.807, 2.05) is 43.3 Å². The van der Waals surface area contributed by atoms with Gasteiger partial charge in [0.05, 0.1) is 5.75 Å². The highest BCUT2D eigenvalue weighted by atomic mass is 32.2. The quantitative estimate of drug-likeness (QED) is 0.921. The average molecular weight is 290 g/mol. The molecule has 0 fully saturated rings. The van der Waals surface area contributed by atoms with Gasteiger partial charge in [-0.2, -0.15) is 0 Å². The first-order chi connectivity index (χ1) is 9.52. The summed E-state index contributed by atoms with van der Waals surface area (Å²) < 4.78 is 25.7. The standard InChI is InChI=1S/C15H18N2O2S/c1-3-20(18,19)17-12(2)13-6-8-14(9-7-13)15-5-4-10-16-11-15/h4-12,17H,3H2,1-2H3/t12-/m1/s1. The molecule has 5 heteroatoms. The highest BCUT2D eigenvalue weighted by Crippen LogP contribution is 2.21. The van der Waals surface area contributed by atoms with Gasteiger partial charge in [-0.1, -0.05) is 30.3 Å². The second-order valence-electron chi connectivity index (χ2n) is 4.61. The first-order valence-electron chi connectivity index (χ1n) is 6.52. The summed E-state index contributed by atoms with van der Waals surface area (Å²) in [6.07, 6.45) is 3.54. The summed E-state index contributed by atoms with van der Waals surface area (Å²) >= 11 is 0. The average Bonchev–Trinajstić information content (AvgIpc) is 2.48. The van der Waals surface area contributed by atoms with Gasteiger partial charge in [-0.3, -0.25) is 4.98 Å². The van der Waals surface area contributed by atoms with Gasteiger partial charge in [0.25, 0.3) is 0 Å². The van der Waals surface area contributed by atoms with E-state index in [1.165, 1.54) is 0 Å². The van der Waals surface area contributed by atoms with Crippen LogP contribution in [0.25, 0.3) is 11.1 Å². The van der Waals surface area contributed by atoms with Crippen molar-refractivity contribution in [1.82, 2.24) is 9.71 Å². The fourth-order valence-corrected chi connectivity index (χ4v) is 2.76. The van der Waals surface area contributed by atoms with Gasteiger partial charge >= 0.3 is 0 Å². The van der Waals surface area contributed by atoms with Crippen LogP contribution in [0.4, 0.5) is 0 Å². The summed E-state index contributed by atoms with van der Waals surface area (Å²) in [4.78, 5) is 4.09. The number of sulfonamides is 1. The van der Waals surface area contributed by atoms with Crippen molar-refractivity contribution < 1.29 is 8.42 Å². The monoisotopic (exact) mass is 290 g/mol. The van der Waals surface area contributed by atoms with E-state index < -0.39 is 10.0 Å². The van der Waals surface area contributed by atoms with Crippen LogP contribution in [0.5, 0.6) is 0 Å². The van der Waals surface area contributed by atoms with Gasteiger partial charge in [0.2, 0.25) is 10.0 Å². The number of benzene rings is 1. The molecule has 4 nitrogen and oxygen atoms in total. The van der Waals surface area contributed by atoms with Crippen molar-refractivity contribution in [2.24, 2.45) is 0 Å². The molecule has 106 valence electrons. The van der Waals surface area contributed by atoms with Crippen LogP contribution in [-0.2, 0) is 10.0 Å². The van der Waals surface area contributed by atoms with E-state index >= 15 is 0 Å². The van der Waals surface area contributed by atoms with E-state index in [0.717, 1.165) is 16.7 Å². The molecular formula is C15H18N2O2S. The Kier molecular flexibility index (Phi) is 4.52. The van der Waals surface area contributed by atoms with Gasteiger partial charge < -0.3 is 0 Å². The van der Waals surface area contributed by atoms with Crippen LogP contribution in [0.3, 0.4) is 0 Å². The zero-order valence-electron chi connectivity index (χ0n) is 11.6. The fraction of sp³-hybridized carbons (Fsp3) is 0.267. The lowest BCUT2D eigenvalue weighted by atomic mass is 10.0. The van der Waals surface area contributed by atoms with Crippen molar-refractivity contribution in [2.75, 3.05) is 5.75 Å². The van der Waals surface area contributed by atoms with Crippen LogP contribution >= 0.6 is 0 Å². The molecule has 0 bridgehead atoms. The number of hydrogen-bond donors (Lipinski definition) is 1. The predicted octanol–water partition coefficient (Wildman–Crippen LogP) is 2.75. The molecule has 1 atom stereocenters. The first-order valence-corrected chi connectivity index (χ1v) is 8.17. The number of pyridine rings is 1. The van der Waals surface area contributed by atoms with E-state index in [9.17, 15) is 8.42 Å². The molecule has 2 aromatic rings. The van der Waals surface area contributed by atoms with Crippen molar-refractivity contribution in [3.8, 4) is 11.1 Å². The second-order valence-corrected chi connectivity index (χ2v) is 6.65. The summed E-state index contributed by atoms with van der Waals surface area (Å²) in [5.41, 5.74) is 3.04. The Morgan fingerprint density at radius 2 is 1.85 bits per heavy atom. The number of hydrogen-bond acceptors (Lipinski definition) is 3. The molecule has 0 unspecified atom stereocenters. The Hall–Kier alpha value is -1.72. The third kappa shape index (κ3) is 3.65. The maximum atomic E-state index is 11.6. The number of nitrogens with zero attached hydrogens (tertiary/aromatic N) is 1. The highest BCUT2D eigenvalue weighted by Gasteiger charge is 2.13. The van der Waals surface area contributed by atoms with E-state index in [1.54, 1.807) is 19.3 Å². The fourth-order valence-electron chi connectivity index (χ4n) is 1.92. The van der Waals surface area contributed by atoms with E-state index in [4.69, 9.17) is 0 Å². The van der Waals surface area contributed by atoms with Crippen LogP contribution in [0.2, 0.25) is 0 Å². The minimum Gasteiger partial charge on any atom is -0.264 e. The molecule has 0 aliphatic carbocycles. The van der Waals surface area contributed by atoms with E-state index in [2.05, 4.69) is 9.71 Å². The molecule has 0 aliphatic rings. The van der Waals surface area contributed by atoms with Crippen molar-refractivity contribution in [1.29, 1.82) is 0 Å².